The Morgan fingerprint density at radius 3 is 2.59 bits per heavy atom. The Kier molecular flexibility index (Phi) is 5.29. The Balaban J connectivity index is 1.27. The summed E-state index contributed by atoms with van der Waals surface area (Å²) in [5.41, 5.74) is 0.755. The third-order valence-corrected chi connectivity index (χ3v) is 5.78. The molecule has 4 heterocycles. The molecule has 0 bridgehead atoms. The van der Waals surface area contributed by atoms with Gasteiger partial charge in [0.15, 0.2) is 28.5 Å². The highest BCUT2D eigenvalue weighted by Gasteiger charge is 2.36. The molecule has 0 spiro atoms. The van der Waals surface area contributed by atoms with Crippen molar-refractivity contribution in [3.05, 3.63) is 90.0 Å². The molecule has 0 atom stereocenters. The number of hydrogen-bond donors (Lipinski definition) is 1. The van der Waals surface area contributed by atoms with E-state index in [4.69, 9.17) is 9.47 Å². The van der Waals surface area contributed by atoms with E-state index in [0.717, 1.165) is 17.3 Å². The van der Waals surface area contributed by atoms with Gasteiger partial charge in [-0.3, -0.25) is 4.79 Å². The highest BCUT2D eigenvalue weighted by Crippen LogP contribution is 2.37. The zero-order valence-corrected chi connectivity index (χ0v) is 18.9. The van der Waals surface area contributed by atoms with Crippen LogP contribution in [0.25, 0.3) is 22.6 Å². The van der Waals surface area contributed by atoms with Crippen LogP contribution in [0, 0.1) is 0 Å². The maximum atomic E-state index is 13.9. The van der Waals surface area contributed by atoms with Gasteiger partial charge in [0.25, 0.3) is 5.91 Å². The van der Waals surface area contributed by atoms with E-state index in [9.17, 15) is 18.0 Å². The normalized spacial score (nSPS) is 12.7. The van der Waals surface area contributed by atoms with E-state index < -0.39 is 17.8 Å². The summed E-state index contributed by atoms with van der Waals surface area (Å²) in [7, 11) is 0. The molecule has 0 aliphatic carbocycles. The summed E-state index contributed by atoms with van der Waals surface area (Å²) in [6, 6.07) is 16.0. The van der Waals surface area contributed by atoms with Gasteiger partial charge in [-0.05, 0) is 48.0 Å². The molecule has 1 aliphatic heterocycles. The number of halogens is 3. The van der Waals surface area contributed by atoms with Gasteiger partial charge < -0.3 is 14.8 Å². The quantitative estimate of drug-likeness (QED) is 0.383. The number of benzene rings is 2. The van der Waals surface area contributed by atoms with E-state index in [0.29, 0.717) is 21.6 Å². The van der Waals surface area contributed by atoms with Gasteiger partial charge in [0.1, 0.15) is 0 Å². The number of fused-ring (bicyclic) bond motifs is 2. The number of aromatic nitrogens is 5. The Morgan fingerprint density at radius 1 is 1.03 bits per heavy atom. The van der Waals surface area contributed by atoms with Crippen molar-refractivity contribution in [2.45, 2.75) is 12.7 Å². The summed E-state index contributed by atoms with van der Waals surface area (Å²) in [4.78, 5) is 17.1. The lowest BCUT2D eigenvalue weighted by Gasteiger charge is -2.11. The molecule has 1 amide bonds. The number of nitrogens with one attached hydrogen (secondary N) is 1. The maximum Gasteiger partial charge on any atom is 0.433 e. The van der Waals surface area contributed by atoms with Crippen LogP contribution >= 0.6 is 0 Å². The molecule has 0 fully saturated rings. The lowest BCUT2D eigenvalue weighted by Crippen LogP contribution is -2.23. The van der Waals surface area contributed by atoms with Crippen LogP contribution in [0.5, 0.6) is 11.5 Å². The fourth-order valence-corrected chi connectivity index (χ4v) is 3.95. The standard InChI is InChI=1S/C25H17F3N6O3/c26-25(27,28)22-11-18(16-4-7-20-21(10-16)37-14-36-20)31-23-12-19(32-34(22)23)24(35)29-13-15-2-5-17(6-3-15)33-9-1-8-30-33/h1-12H,13-14H2,(H,29,35). The van der Waals surface area contributed by atoms with E-state index in [1.165, 1.54) is 6.07 Å². The number of carbonyl (C=O) groups excluding carboxylic acids is 1. The topological polar surface area (TPSA) is 95.6 Å². The van der Waals surface area contributed by atoms with E-state index in [-0.39, 0.29) is 30.4 Å². The summed E-state index contributed by atoms with van der Waals surface area (Å²) < 4.78 is 54.6. The SMILES string of the molecule is O=C(NCc1ccc(-n2cccn2)cc1)c1cc2nc(-c3ccc4c(c3)OCO4)cc(C(F)(F)F)n2n1. The van der Waals surface area contributed by atoms with Gasteiger partial charge in [-0.15, -0.1) is 0 Å². The third-order valence-electron chi connectivity index (χ3n) is 5.78. The molecule has 0 saturated carbocycles. The first-order valence-electron chi connectivity index (χ1n) is 11.1. The van der Waals surface area contributed by atoms with Gasteiger partial charge in [0.05, 0.1) is 11.4 Å². The van der Waals surface area contributed by atoms with Crippen LogP contribution in [-0.4, -0.2) is 37.1 Å². The van der Waals surface area contributed by atoms with Crippen molar-refractivity contribution in [1.29, 1.82) is 0 Å². The van der Waals surface area contributed by atoms with Crippen molar-refractivity contribution in [2.75, 3.05) is 6.79 Å². The minimum absolute atomic E-state index is 0.0363. The molecular weight excluding hydrogens is 489 g/mol. The van der Waals surface area contributed by atoms with Crippen LogP contribution in [0.4, 0.5) is 13.2 Å². The highest BCUT2D eigenvalue weighted by molar-refractivity contribution is 5.93. The van der Waals surface area contributed by atoms with E-state index >= 15 is 0 Å². The smallest absolute Gasteiger partial charge is 0.433 e. The lowest BCUT2D eigenvalue weighted by atomic mass is 10.1. The number of nitrogens with zero attached hydrogens (tertiary/aromatic N) is 5. The third kappa shape index (κ3) is 4.33. The molecule has 0 unspecified atom stereocenters. The molecule has 12 heteroatoms. The number of rotatable bonds is 5. The fourth-order valence-electron chi connectivity index (χ4n) is 3.95. The summed E-state index contributed by atoms with van der Waals surface area (Å²) in [5.74, 6) is 0.290. The molecule has 6 rings (SSSR count). The molecule has 186 valence electrons. The molecule has 3 aromatic heterocycles. The molecule has 2 aromatic carbocycles. The summed E-state index contributed by atoms with van der Waals surface area (Å²) in [5, 5.41) is 10.7. The monoisotopic (exact) mass is 506 g/mol. The average Bonchev–Trinajstić information content (AvgIpc) is 3.66. The van der Waals surface area contributed by atoms with Crippen LogP contribution < -0.4 is 14.8 Å². The Hall–Kier alpha value is -4.87. The minimum Gasteiger partial charge on any atom is -0.454 e. The van der Waals surface area contributed by atoms with E-state index in [2.05, 4.69) is 20.5 Å². The lowest BCUT2D eigenvalue weighted by molar-refractivity contribution is -0.142. The predicted molar refractivity (Wildman–Crippen MR) is 124 cm³/mol. The van der Waals surface area contributed by atoms with E-state index in [1.807, 2.05) is 24.3 Å². The molecule has 37 heavy (non-hydrogen) atoms. The number of hydrogen-bond acceptors (Lipinski definition) is 6. The number of amides is 1. The summed E-state index contributed by atoms with van der Waals surface area (Å²) >= 11 is 0. The molecule has 0 radical (unpaired) electrons. The number of alkyl halides is 3. The minimum atomic E-state index is -4.73. The first-order valence-corrected chi connectivity index (χ1v) is 11.1. The second-order valence-electron chi connectivity index (χ2n) is 8.19. The zero-order valence-electron chi connectivity index (χ0n) is 18.9. The molecule has 1 N–H and O–H groups in total. The number of ether oxygens (including phenoxy) is 2. The summed E-state index contributed by atoms with van der Waals surface area (Å²) in [6.45, 7) is 0.197. The van der Waals surface area contributed by atoms with Crippen LogP contribution in [0.1, 0.15) is 21.7 Å². The Bertz CT molecular complexity index is 1610. The highest BCUT2D eigenvalue weighted by atomic mass is 19.4. The van der Waals surface area contributed by atoms with Gasteiger partial charge >= 0.3 is 6.18 Å². The van der Waals surface area contributed by atoms with Crippen molar-refractivity contribution in [3.8, 4) is 28.4 Å². The Morgan fingerprint density at radius 2 is 1.84 bits per heavy atom. The Labute approximate surface area is 207 Å². The zero-order chi connectivity index (χ0) is 25.6. The second kappa shape index (κ2) is 8.66. The van der Waals surface area contributed by atoms with E-state index in [1.54, 1.807) is 41.3 Å². The summed E-state index contributed by atoms with van der Waals surface area (Å²) in [6.07, 6.45) is -1.26. The van der Waals surface area contributed by atoms with Crippen molar-refractivity contribution >= 4 is 11.6 Å². The van der Waals surface area contributed by atoms with Crippen LogP contribution in [-0.2, 0) is 12.7 Å². The average molecular weight is 506 g/mol. The molecular formula is C25H17F3N6O3. The second-order valence-corrected chi connectivity index (χ2v) is 8.19. The predicted octanol–water partition coefficient (Wildman–Crippen LogP) is 4.26. The van der Waals surface area contributed by atoms with Crippen molar-refractivity contribution in [3.63, 3.8) is 0 Å². The van der Waals surface area contributed by atoms with Crippen molar-refractivity contribution in [2.24, 2.45) is 0 Å². The van der Waals surface area contributed by atoms with Gasteiger partial charge in [-0.2, -0.15) is 23.4 Å². The first-order chi connectivity index (χ1) is 17.8. The molecule has 1 aliphatic rings. The van der Waals surface area contributed by atoms with Gasteiger partial charge in [0, 0.05) is 30.6 Å². The van der Waals surface area contributed by atoms with Crippen LogP contribution in [0.2, 0.25) is 0 Å². The first kappa shape index (κ1) is 22.6. The van der Waals surface area contributed by atoms with Crippen molar-refractivity contribution in [1.82, 2.24) is 29.7 Å². The van der Waals surface area contributed by atoms with Crippen molar-refractivity contribution < 1.29 is 27.4 Å². The number of carbonyl (C=O) groups is 1. The maximum absolute atomic E-state index is 13.9. The van der Waals surface area contributed by atoms with Gasteiger partial charge in [-0.25, -0.2) is 14.2 Å². The molecule has 9 nitrogen and oxygen atoms in total. The largest absolute Gasteiger partial charge is 0.454 e. The van der Waals surface area contributed by atoms with Crippen LogP contribution in [0.3, 0.4) is 0 Å². The fraction of sp³-hybridized carbons (Fsp3) is 0.120. The van der Waals surface area contributed by atoms with Crippen LogP contribution in [0.15, 0.2) is 73.1 Å². The molecule has 5 aromatic rings. The molecule has 0 saturated heterocycles. The van der Waals surface area contributed by atoms with Gasteiger partial charge in [-0.1, -0.05) is 12.1 Å². The van der Waals surface area contributed by atoms with Gasteiger partial charge in [0.2, 0.25) is 6.79 Å².